The molecule has 0 unspecified atom stereocenters. The molecule has 1 heterocycles. The highest BCUT2D eigenvalue weighted by Crippen LogP contribution is 2.23. The van der Waals surface area contributed by atoms with Crippen LogP contribution in [0.25, 0.3) is 0 Å². The predicted octanol–water partition coefficient (Wildman–Crippen LogP) is 2.19. The Kier molecular flexibility index (Phi) is 5.96. The molecule has 2 rings (SSSR count). The van der Waals surface area contributed by atoms with E-state index >= 15 is 0 Å². The second-order valence-electron chi connectivity index (χ2n) is 5.57. The molecule has 0 amide bonds. The van der Waals surface area contributed by atoms with Gasteiger partial charge in [-0.1, -0.05) is 18.3 Å². The number of methoxy groups -OCH3 is 2. The van der Waals surface area contributed by atoms with Gasteiger partial charge in [0.25, 0.3) is 0 Å². The Hall–Kier alpha value is -1.17. The maximum atomic E-state index is 5.70. The molecule has 0 bridgehead atoms. The Bertz CT molecular complexity index is 485. The summed E-state index contributed by atoms with van der Waals surface area (Å²) in [6.45, 7) is 4.05. The third-order valence-electron chi connectivity index (χ3n) is 4.05. The van der Waals surface area contributed by atoms with Gasteiger partial charge in [-0.25, -0.2) is 0 Å². The van der Waals surface area contributed by atoms with Crippen molar-refractivity contribution in [2.75, 3.05) is 33.9 Å². The lowest BCUT2D eigenvalue weighted by Gasteiger charge is -2.31. The highest BCUT2D eigenvalue weighted by molar-refractivity contribution is 7.80. The summed E-state index contributed by atoms with van der Waals surface area (Å²) in [5.41, 5.74) is 7.73. The summed E-state index contributed by atoms with van der Waals surface area (Å²) in [5.74, 6) is 1.46. The fourth-order valence-corrected chi connectivity index (χ4v) is 3.01. The van der Waals surface area contributed by atoms with E-state index < -0.39 is 0 Å². The summed E-state index contributed by atoms with van der Waals surface area (Å²) in [7, 11) is 3.43. The van der Waals surface area contributed by atoms with E-state index in [2.05, 4.69) is 11.0 Å². The zero-order valence-electron chi connectivity index (χ0n) is 12.8. The lowest BCUT2D eigenvalue weighted by Crippen LogP contribution is -2.34. The molecule has 2 N–H and O–H groups in total. The first kappa shape index (κ1) is 16.2. The molecule has 0 saturated carbocycles. The molecule has 4 nitrogen and oxygen atoms in total. The first-order valence-corrected chi connectivity index (χ1v) is 7.73. The zero-order chi connectivity index (χ0) is 15.2. The third kappa shape index (κ3) is 4.40. The Morgan fingerprint density at radius 2 is 2.05 bits per heavy atom. The minimum absolute atomic E-state index is 0.374. The van der Waals surface area contributed by atoms with Crippen molar-refractivity contribution >= 4 is 17.2 Å². The van der Waals surface area contributed by atoms with Crippen LogP contribution >= 0.6 is 12.2 Å². The maximum absolute atomic E-state index is 5.70. The number of likely N-dealkylation sites (tertiary alicyclic amines) is 1. The maximum Gasteiger partial charge on any atom is 0.129 e. The molecule has 0 aliphatic carbocycles. The van der Waals surface area contributed by atoms with Gasteiger partial charge in [-0.2, -0.15) is 0 Å². The van der Waals surface area contributed by atoms with Gasteiger partial charge >= 0.3 is 0 Å². The second-order valence-corrected chi connectivity index (χ2v) is 6.01. The lowest BCUT2D eigenvalue weighted by molar-refractivity contribution is 0.0968. The number of benzene rings is 1. The van der Waals surface area contributed by atoms with Crippen LogP contribution in [0.1, 0.15) is 24.0 Å². The van der Waals surface area contributed by atoms with Crippen molar-refractivity contribution in [2.24, 2.45) is 11.7 Å². The Balaban J connectivity index is 1.96. The van der Waals surface area contributed by atoms with E-state index in [0.717, 1.165) is 37.6 Å². The number of rotatable bonds is 6. The number of thiocarbonyl (C=S) groups is 1. The van der Waals surface area contributed by atoms with Crippen molar-refractivity contribution in [3.05, 3.63) is 29.3 Å². The minimum atomic E-state index is 0.374. The number of hydrogen-bond donors (Lipinski definition) is 1. The molecule has 1 fully saturated rings. The van der Waals surface area contributed by atoms with Gasteiger partial charge in [0.2, 0.25) is 0 Å². The number of nitrogens with two attached hydrogens (primary N) is 1. The fraction of sp³-hybridized carbons (Fsp3) is 0.562. The van der Waals surface area contributed by atoms with Gasteiger partial charge in [0.05, 0.1) is 12.7 Å². The number of hydrogen-bond acceptors (Lipinski definition) is 4. The number of ether oxygens (including phenoxy) is 2. The van der Waals surface area contributed by atoms with Crippen molar-refractivity contribution in [3.63, 3.8) is 0 Å². The molecule has 5 heteroatoms. The Morgan fingerprint density at radius 3 is 2.62 bits per heavy atom. The highest BCUT2D eigenvalue weighted by atomic mass is 32.1. The van der Waals surface area contributed by atoms with Gasteiger partial charge < -0.3 is 15.2 Å². The van der Waals surface area contributed by atoms with Crippen LogP contribution in [0.2, 0.25) is 0 Å². The average molecular weight is 308 g/mol. The van der Waals surface area contributed by atoms with Crippen LogP contribution in [0.3, 0.4) is 0 Å². The van der Waals surface area contributed by atoms with Gasteiger partial charge in [-0.3, -0.25) is 4.90 Å². The van der Waals surface area contributed by atoms with Gasteiger partial charge in [0.15, 0.2) is 0 Å². The highest BCUT2D eigenvalue weighted by Gasteiger charge is 2.19. The summed E-state index contributed by atoms with van der Waals surface area (Å²) in [6.07, 6.45) is 2.41. The van der Waals surface area contributed by atoms with Gasteiger partial charge in [-0.15, -0.1) is 0 Å². The Morgan fingerprint density at radius 1 is 1.33 bits per heavy atom. The van der Waals surface area contributed by atoms with E-state index in [1.165, 1.54) is 18.4 Å². The van der Waals surface area contributed by atoms with Crippen molar-refractivity contribution in [1.29, 1.82) is 0 Å². The molecule has 1 aliphatic rings. The molecular formula is C16H24N2O2S. The van der Waals surface area contributed by atoms with Crippen LogP contribution < -0.4 is 10.5 Å². The van der Waals surface area contributed by atoms with Gasteiger partial charge in [-0.05, 0) is 49.5 Å². The third-order valence-corrected chi connectivity index (χ3v) is 4.27. The smallest absolute Gasteiger partial charge is 0.129 e. The molecule has 1 aromatic rings. The van der Waals surface area contributed by atoms with Crippen LogP contribution in [0.15, 0.2) is 18.2 Å². The summed E-state index contributed by atoms with van der Waals surface area (Å²) in [4.78, 5) is 2.85. The molecule has 116 valence electrons. The van der Waals surface area contributed by atoms with E-state index in [4.69, 9.17) is 27.4 Å². The molecule has 0 atom stereocenters. The molecule has 1 aromatic carbocycles. The molecule has 0 aromatic heterocycles. The zero-order valence-corrected chi connectivity index (χ0v) is 13.6. The van der Waals surface area contributed by atoms with Crippen LogP contribution in [-0.4, -0.2) is 43.8 Å². The van der Waals surface area contributed by atoms with Crippen molar-refractivity contribution < 1.29 is 9.47 Å². The SMILES string of the molecule is COCC1CCN(Cc2ccc(C(N)=S)c(OC)c2)CC1. The minimum Gasteiger partial charge on any atom is -0.496 e. The van der Waals surface area contributed by atoms with E-state index in [0.29, 0.717) is 10.9 Å². The predicted molar refractivity (Wildman–Crippen MR) is 88.8 cm³/mol. The number of nitrogens with zero attached hydrogens (tertiary/aromatic N) is 1. The number of piperidine rings is 1. The van der Waals surface area contributed by atoms with E-state index in [1.54, 1.807) is 14.2 Å². The summed E-state index contributed by atoms with van der Waals surface area (Å²) < 4.78 is 10.6. The van der Waals surface area contributed by atoms with E-state index in [-0.39, 0.29) is 0 Å². The second kappa shape index (κ2) is 7.73. The average Bonchev–Trinajstić information content (AvgIpc) is 2.49. The van der Waals surface area contributed by atoms with Crippen LogP contribution in [-0.2, 0) is 11.3 Å². The molecule has 1 aliphatic heterocycles. The lowest BCUT2D eigenvalue weighted by atomic mass is 9.97. The topological polar surface area (TPSA) is 47.7 Å². The molecule has 21 heavy (non-hydrogen) atoms. The molecule has 1 saturated heterocycles. The van der Waals surface area contributed by atoms with Crippen molar-refractivity contribution in [3.8, 4) is 5.75 Å². The normalized spacial score (nSPS) is 16.9. The summed E-state index contributed by atoms with van der Waals surface area (Å²) >= 11 is 5.03. The van der Waals surface area contributed by atoms with E-state index in [9.17, 15) is 0 Å². The van der Waals surface area contributed by atoms with Gasteiger partial charge in [0.1, 0.15) is 10.7 Å². The van der Waals surface area contributed by atoms with Crippen LogP contribution in [0, 0.1) is 5.92 Å². The molecule has 0 spiro atoms. The largest absolute Gasteiger partial charge is 0.496 e. The monoisotopic (exact) mass is 308 g/mol. The fourth-order valence-electron chi connectivity index (χ4n) is 2.84. The quantitative estimate of drug-likeness (QED) is 0.816. The first-order valence-electron chi connectivity index (χ1n) is 7.32. The first-order chi connectivity index (χ1) is 10.1. The summed E-state index contributed by atoms with van der Waals surface area (Å²) in [5, 5.41) is 0. The summed E-state index contributed by atoms with van der Waals surface area (Å²) in [6, 6.07) is 6.07. The van der Waals surface area contributed by atoms with Crippen molar-refractivity contribution in [2.45, 2.75) is 19.4 Å². The van der Waals surface area contributed by atoms with Crippen LogP contribution in [0.5, 0.6) is 5.75 Å². The molecule has 0 radical (unpaired) electrons. The van der Waals surface area contributed by atoms with Crippen LogP contribution in [0.4, 0.5) is 0 Å². The molecular weight excluding hydrogens is 284 g/mol. The standard InChI is InChI=1S/C16H24N2O2S/c1-19-11-12-5-7-18(8-6-12)10-13-3-4-14(16(17)21)15(9-13)20-2/h3-4,9,12H,5-8,10-11H2,1-2H3,(H2,17,21). The Labute approximate surface area is 132 Å². The van der Waals surface area contributed by atoms with Gasteiger partial charge in [0, 0.05) is 20.3 Å². The van der Waals surface area contributed by atoms with Crippen molar-refractivity contribution in [1.82, 2.24) is 4.90 Å². The van der Waals surface area contributed by atoms with E-state index in [1.807, 2.05) is 12.1 Å².